The van der Waals surface area contributed by atoms with E-state index >= 15 is 0 Å². The summed E-state index contributed by atoms with van der Waals surface area (Å²) in [4.78, 5) is 25.7. The fourth-order valence-corrected chi connectivity index (χ4v) is 10.9. The van der Waals surface area contributed by atoms with Crippen molar-refractivity contribution in [1.82, 2.24) is 0 Å². The predicted octanol–water partition coefficient (Wildman–Crippen LogP) is 9.81. The maximum atomic E-state index is 13.6. The molecule has 9 atom stereocenters. The third-order valence-electron chi connectivity index (χ3n) is 13.2. The van der Waals surface area contributed by atoms with Gasteiger partial charge in [-0.1, -0.05) is 66.3 Å². The highest BCUT2D eigenvalue weighted by molar-refractivity contribution is 5.89. The molecule has 1 aromatic carbocycles. The van der Waals surface area contributed by atoms with E-state index < -0.39 is 5.79 Å². The summed E-state index contributed by atoms with van der Waals surface area (Å²) in [6, 6.07) is 9.53. The number of carbonyl (C=O) groups excluding carboxylic acids is 2. The van der Waals surface area contributed by atoms with Gasteiger partial charge in [0.05, 0.1) is 25.4 Å². The van der Waals surface area contributed by atoms with Crippen molar-refractivity contribution in [3.63, 3.8) is 0 Å². The van der Waals surface area contributed by atoms with Gasteiger partial charge in [-0.2, -0.15) is 0 Å². The van der Waals surface area contributed by atoms with Gasteiger partial charge in [0.1, 0.15) is 6.10 Å². The summed E-state index contributed by atoms with van der Waals surface area (Å²) in [5, 5.41) is 0. The molecule has 6 nitrogen and oxygen atoms in total. The first kappa shape index (κ1) is 37.6. The third-order valence-corrected chi connectivity index (χ3v) is 13.2. The van der Waals surface area contributed by atoms with Crippen LogP contribution in [0.25, 0.3) is 0 Å². The monoisotopic (exact) mass is 652 g/mol. The maximum Gasteiger partial charge on any atom is 0.338 e. The first-order valence-electron chi connectivity index (χ1n) is 18.5. The van der Waals surface area contributed by atoms with Crippen molar-refractivity contribution in [2.45, 2.75) is 132 Å². The van der Waals surface area contributed by atoms with Gasteiger partial charge < -0.3 is 18.9 Å². The number of hydrogen-bond acceptors (Lipinski definition) is 6. The highest BCUT2D eigenvalue weighted by Gasteiger charge is 2.65. The fourth-order valence-electron chi connectivity index (χ4n) is 10.9. The van der Waals surface area contributed by atoms with Gasteiger partial charge in [0, 0.05) is 24.3 Å². The standard InChI is InChI=1S/C38H54O6.C2H6.CH4/c1-6-41-34(39)26(3)12-10-11-25(2)29-15-16-30-33-31(17-18-37(29,30)5)36(4)19-20-38(42-21-22-43-38)24-28(36)23-32(33)44-35(40)27-13-8-7-9-14-27;1-2;/h7-9,12-14,25,28-33H,6,10-11,15-24H2,1-5H3;1-2H3;1H4/b26-12+;;/t25-,28+,29?,30?,31?,32-,33?,36?,37?;;/m1../s1. The molecule has 1 spiro atoms. The Kier molecular flexibility index (Phi) is 12.5. The Morgan fingerprint density at radius 1 is 0.979 bits per heavy atom. The molecule has 47 heavy (non-hydrogen) atoms. The molecule has 1 saturated heterocycles. The van der Waals surface area contributed by atoms with Crippen molar-refractivity contribution >= 4 is 11.9 Å². The summed E-state index contributed by atoms with van der Waals surface area (Å²) >= 11 is 0. The molecular formula is C41H64O6. The summed E-state index contributed by atoms with van der Waals surface area (Å²) in [6.45, 7) is 17.0. The molecular weight excluding hydrogens is 588 g/mol. The Morgan fingerprint density at radius 3 is 2.34 bits per heavy atom. The van der Waals surface area contributed by atoms with Gasteiger partial charge in [0.15, 0.2) is 5.79 Å². The lowest BCUT2D eigenvalue weighted by Crippen LogP contribution is -2.60. The second-order valence-corrected chi connectivity index (χ2v) is 15.2. The highest BCUT2D eigenvalue weighted by Crippen LogP contribution is 2.69. The number of fused-ring (bicyclic) bond motifs is 5. The third kappa shape index (κ3) is 7.25. The van der Waals surface area contributed by atoms with Gasteiger partial charge in [0.2, 0.25) is 0 Å². The lowest BCUT2D eigenvalue weighted by Gasteiger charge is -2.63. The van der Waals surface area contributed by atoms with Crippen molar-refractivity contribution < 1.29 is 28.5 Å². The van der Waals surface area contributed by atoms with Crippen LogP contribution in [0.3, 0.4) is 0 Å². The zero-order valence-corrected chi connectivity index (χ0v) is 29.6. The zero-order chi connectivity index (χ0) is 33.1. The topological polar surface area (TPSA) is 71.1 Å². The lowest BCUT2D eigenvalue weighted by molar-refractivity contribution is -0.242. The van der Waals surface area contributed by atoms with Crippen molar-refractivity contribution in [1.29, 1.82) is 0 Å². The lowest BCUT2D eigenvalue weighted by atomic mass is 9.43. The molecule has 4 aliphatic carbocycles. The van der Waals surface area contributed by atoms with Gasteiger partial charge in [-0.25, -0.2) is 9.59 Å². The molecule has 0 N–H and O–H groups in total. The van der Waals surface area contributed by atoms with E-state index in [0.717, 1.165) is 38.5 Å². The molecule has 264 valence electrons. The number of hydrogen-bond donors (Lipinski definition) is 0. The molecule has 0 amide bonds. The molecule has 1 aromatic rings. The summed E-state index contributed by atoms with van der Waals surface area (Å²) < 4.78 is 24.3. The number of esters is 2. The SMILES string of the molecule is C.CC.CCOC(=O)/C(C)=C/CC[C@@H](C)C1CCC2C3C(CCC21C)C1(C)CCC2(C[C@@H]1C[C@H]3OC(=O)c1ccccc1)OCCO2. The molecule has 5 aliphatic rings. The first-order chi connectivity index (χ1) is 22.1. The van der Waals surface area contributed by atoms with Gasteiger partial charge in [-0.3, -0.25) is 0 Å². The number of allylic oxidation sites excluding steroid dienone is 1. The van der Waals surface area contributed by atoms with Crippen LogP contribution in [0.5, 0.6) is 0 Å². The number of rotatable bonds is 8. The van der Waals surface area contributed by atoms with Crippen LogP contribution in [0.15, 0.2) is 42.0 Å². The minimum Gasteiger partial charge on any atom is -0.463 e. The van der Waals surface area contributed by atoms with E-state index in [0.29, 0.717) is 66.5 Å². The van der Waals surface area contributed by atoms with E-state index in [4.69, 9.17) is 18.9 Å². The quantitative estimate of drug-likeness (QED) is 0.206. The molecule has 6 heteroatoms. The minimum absolute atomic E-state index is 0. The largest absolute Gasteiger partial charge is 0.463 e. The summed E-state index contributed by atoms with van der Waals surface area (Å²) in [5.41, 5.74) is 1.80. The Balaban J connectivity index is 0.00000164. The minimum atomic E-state index is -0.442. The maximum absolute atomic E-state index is 13.6. The van der Waals surface area contributed by atoms with Crippen molar-refractivity contribution in [2.75, 3.05) is 19.8 Å². The van der Waals surface area contributed by atoms with Crippen LogP contribution >= 0.6 is 0 Å². The van der Waals surface area contributed by atoms with E-state index in [1.807, 2.05) is 58.0 Å². The van der Waals surface area contributed by atoms with Crippen LogP contribution in [0, 0.1) is 46.3 Å². The molecule has 5 fully saturated rings. The van der Waals surface area contributed by atoms with E-state index in [1.165, 1.54) is 25.7 Å². The van der Waals surface area contributed by atoms with E-state index in [1.54, 1.807) is 0 Å². The molecule has 1 heterocycles. The van der Waals surface area contributed by atoms with Crippen LogP contribution in [0.2, 0.25) is 0 Å². The van der Waals surface area contributed by atoms with E-state index in [-0.39, 0.29) is 36.3 Å². The van der Waals surface area contributed by atoms with Crippen LogP contribution in [-0.4, -0.2) is 43.7 Å². The Hall–Kier alpha value is -2.18. The number of ether oxygens (including phenoxy) is 4. The van der Waals surface area contributed by atoms with Crippen LogP contribution in [0.4, 0.5) is 0 Å². The van der Waals surface area contributed by atoms with Crippen LogP contribution in [-0.2, 0) is 23.7 Å². The first-order valence-corrected chi connectivity index (χ1v) is 18.5. The normalized spacial score (nSPS) is 36.0. The van der Waals surface area contributed by atoms with Gasteiger partial charge in [0.25, 0.3) is 0 Å². The van der Waals surface area contributed by atoms with Gasteiger partial charge >= 0.3 is 11.9 Å². The van der Waals surface area contributed by atoms with Crippen molar-refractivity contribution in [2.24, 2.45) is 46.3 Å². The van der Waals surface area contributed by atoms with E-state index in [2.05, 4.69) is 26.8 Å². The Labute approximate surface area is 285 Å². The smallest absolute Gasteiger partial charge is 0.338 e. The van der Waals surface area contributed by atoms with Crippen LogP contribution < -0.4 is 0 Å². The average Bonchev–Trinajstić information content (AvgIpc) is 3.67. The van der Waals surface area contributed by atoms with E-state index in [9.17, 15) is 9.59 Å². The zero-order valence-electron chi connectivity index (χ0n) is 29.6. The molecule has 0 bridgehead atoms. The van der Waals surface area contributed by atoms with Crippen LogP contribution in [0.1, 0.15) is 130 Å². The summed E-state index contributed by atoms with van der Waals surface area (Å²) in [7, 11) is 0. The molecule has 6 rings (SSSR count). The molecule has 4 saturated carbocycles. The molecule has 0 radical (unpaired) electrons. The highest BCUT2D eigenvalue weighted by atomic mass is 16.7. The molecule has 6 unspecified atom stereocenters. The Morgan fingerprint density at radius 2 is 1.66 bits per heavy atom. The fraction of sp³-hybridized carbons (Fsp3) is 0.756. The molecule has 1 aliphatic heterocycles. The number of carbonyl (C=O) groups is 2. The summed E-state index contributed by atoms with van der Waals surface area (Å²) in [6.07, 6.45) is 12.7. The average molecular weight is 653 g/mol. The van der Waals surface area contributed by atoms with Crippen molar-refractivity contribution in [3.8, 4) is 0 Å². The predicted molar refractivity (Wildman–Crippen MR) is 188 cm³/mol. The summed E-state index contributed by atoms with van der Waals surface area (Å²) in [5.74, 6) is 2.25. The molecule has 0 aromatic heterocycles. The van der Waals surface area contributed by atoms with Gasteiger partial charge in [-0.05, 0) is 118 Å². The van der Waals surface area contributed by atoms with Gasteiger partial charge in [-0.15, -0.1) is 0 Å². The second-order valence-electron chi connectivity index (χ2n) is 15.2. The second kappa shape index (κ2) is 15.6. The van der Waals surface area contributed by atoms with Crippen molar-refractivity contribution in [3.05, 3.63) is 47.5 Å². The number of benzene rings is 1. The Bertz CT molecular complexity index is 1220.